The van der Waals surface area contributed by atoms with E-state index in [2.05, 4.69) is 16.0 Å². The van der Waals surface area contributed by atoms with E-state index < -0.39 is 5.91 Å². The Bertz CT molecular complexity index is 1120. The van der Waals surface area contributed by atoms with Crippen LogP contribution >= 0.6 is 0 Å². The topological polar surface area (TPSA) is 125 Å². The number of hydrogen-bond donors (Lipinski definition) is 3. The molecule has 3 N–H and O–H groups in total. The number of allylic oxidation sites excluding steroid dienone is 1. The number of benzene rings is 1. The third kappa shape index (κ3) is 8.25. The molecule has 0 aromatic heterocycles. The number of hydrogen-bond acceptors (Lipinski definition) is 6. The lowest BCUT2D eigenvalue weighted by molar-refractivity contribution is -0.143. The van der Waals surface area contributed by atoms with Crippen molar-refractivity contribution in [1.29, 1.82) is 0 Å². The highest BCUT2D eigenvalue weighted by Gasteiger charge is 2.41. The van der Waals surface area contributed by atoms with Gasteiger partial charge >= 0.3 is 0 Å². The zero-order valence-electron chi connectivity index (χ0n) is 23.8. The summed E-state index contributed by atoms with van der Waals surface area (Å²) in [7, 11) is 0. The summed E-state index contributed by atoms with van der Waals surface area (Å²) in [5.74, 6) is -1.39. The van der Waals surface area contributed by atoms with E-state index in [1.807, 2.05) is 52.0 Å². The van der Waals surface area contributed by atoms with Gasteiger partial charge in [0.15, 0.2) is 0 Å². The van der Waals surface area contributed by atoms with Gasteiger partial charge in [0.2, 0.25) is 23.6 Å². The molecule has 2 aliphatic rings. The van der Waals surface area contributed by atoms with Crippen molar-refractivity contribution in [2.24, 2.45) is 17.8 Å². The molecular weight excluding hydrogens is 496 g/mol. The third-order valence-corrected chi connectivity index (χ3v) is 7.46. The Labute approximate surface area is 231 Å². The van der Waals surface area contributed by atoms with E-state index in [0.29, 0.717) is 18.5 Å². The Kier molecular flexibility index (Phi) is 10.4. The molecule has 1 aromatic rings. The Morgan fingerprint density at radius 1 is 1.00 bits per heavy atom. The molecule has 1 aliphatic carbocycles. The first-order valence-electron chi connectivity index (χ1n) is 13.9. The molecule has 212 valence electrons. The van der Waals surface area contributed by atoms with Crippen molar-refractivity contribution in [1.82, 2.24) is 15.5 Å². The number of anilines is 1. The second-order valence-electron chi connectivity index (χ2n) is 11.3. The zero-order chi connectivity index (χ0) is 28.7. The van der Waals surface area contributed by atoms with Gasteiger partial charge in [-0.2, -0.15) is 0 Å². The van der Waals surface area contributed by atoms with Crippen molar-refractivity contribution in [2.45, 2.75) is 79.2 Å². The van der Waals surface area contributed by atoms with Crippen LogP contribution in [0.2, 0.25) is 0 Å². The number of nitrogens with one attached hydrogen (secondary N) is 3. The molecule has 9 nitrogen and oxygen atoms in total. The van der Waals surface area contributed by atoms with Crippen LogP contribution in [0.3, 0.4) is 0 Å². The maximum Gasteiger partial charge on any atom is 0.243 e. The number of nitrogens with zero attached hydrogens (tertiary/aromatic N) is 1. The second-order valence-corrected chi connectivity index (χ2v) is 11.3. The standard InChI is InChI=1S/C30H42N4O5/c1-18(2)24-15-27(38)34(30(24)39)17-26(37)33-28(19(3)4)29(22-7-6-8-22)31-16-25(36)32-23-13-11-21(12-14-23)10-9-20(5)35/h11-14,18-19,24,28,31H,6-10,15-17H2,1-5H3,(H,32,36)(H,33,37). The number of likely N-dealkylation sites (tertiary alicyclic amines) is 1. The van der Waals surface area contributed by atoms with Crippen LogP contribution in [0.4, 0.5) is 5.69 Å². The van der Waals surface area contributed by atoms with Crippen LogP contribution < -0.4 is 16.0 Å². The average Bonchev–Trinajstić information content (AvgIpc) is 3.12. The number of ketones is 1. The Hall–Kier alpha value is -3.49. The van der Waals surface area contributed by atoms with Crippen LogP contribution in [0.5, 0.6) is 0 Å². The maximum atomic E-state index is 13.0. The monoisotopic (exact) mass is 538 g/mol. The first-order chi connectivity index (χ1) is 18.5. The number of carbonyl (C=O) groups excluding carboxylic acids is 5. The van der Waals surface area contributed by atoms with Gasteiger partial charge in [-0.15, -0.1) is 0 Å². The van der Waals surface area contributed by atoms with Gasteiger partial charge < -0.3 is 20.7 Å². The molecular formula is C30H42N4O5. The highest BCUT2D eigenvalue weighted by molar-refractivity contribution is 6.06. The smallest absolute Gasteiger partial charge is 0.243 e. The minimum absolute atomic E-state index is 0.0172. The normalized spacial score (nSPS) is 17.8. The number of aryl methyl sites for hydroxylation is 1. The van der Waals surface area contributed by atoms with Gasteiger partial charge in [-0.3, -0.25) is 24.1 Å². The van der Waals surface area contributed by atoms with Crippen LogP contribution in [0, 0.1) is 17.8 Å². The summed E-state index contributed by atoms with van der Waals surface area (Å²) in [6, 6.07) is 7.06. The molecule has 1 heterocycles. The van der Waals surface area contributed by atoms with Crippen LogP contribution in [0.15, 0.2) is 35.5 Å². The minimum atomic E-state index is -0.395. The van der Waals surface area contributed by atoms with Crippen LogP contribution in [-0.2, 0) is 30.4 Å². The molecule has 2 atom stereocenters. The van der Waals surface area contributed by atoms with Gasteiger partial charge in [0.25, 0.3) is 0 Å². The summed E-state index contributed by atoms with van der Waals surface area (Å²) >= 11 is 0. The SMILES string of the molecule is CC(=O)CCc1ccc(NC(=O)CNC(=C2CCC2)C(NC(=O)CN2C(=O)CC(C(C)C)C2=O)C(C)C)cc1. The molecule has 2 unspecified atom stereocenters. The maximum absolute atomic E-state index is 13.0. The van der Waals surface area contributed by atoms with E-state index in [1.165, 1.54) is 5.57 Å². The molecule has 1 aliphatic heterocycles. The number of Topliss-reactive ketones (excluding diaryl/α,β-unsaturated/α-hetero) is 1. The molecule has 1 saturated carbocycles. The molecule has 0 spiro atoms. The lowest BCUT2D eigenvalue weighted by Gasteiger charge is -2.32. The highest BCUT2D eigenvalue weighted by atomic mass is 16.2. The van der Waals surface area contributed by atoms with Gasteiger partial charge in [0.05, 0.1) is 12.6 Å². The summed E-state index contributed by atoms with van der Waals surface area (Å²) < 4.78 is 0. The highest BCUT2D eigenvalue weighted by Crippen LogP contribution is 2.31. The molecule has 39 heavy (non-hydrogen) atoms. The molecule has 1 aromatic carbocycles. The van der Waals surface area contributed by atoms with Crippen molar-refractivity contribution in [3.63, 3.8) is 0 Å². The quantitative estimate of drug-likeness (QED) is 0.331. The van der Waals surface area contributed by atoms with Crippen molar-refractivity contribution < 1.29 is 24.0 Å². The summed E-state index contributed by atoms with van der Waals surface area (Å²) in [6.07, 6.45) is 4.14. The van der Waals surface area contributed by atoms with Gasteiger partial charge in [-0.1, -0.05) is 39.8 Å². The van der Waals surface area contributed by atoms with E-state index in [1.54, 1.807) is 6.92 Å². The van der Waals surface area contributed by atoms with Crippen LogP contribution in [0.1, 0.15) is 72.3 Å². The van der Waals surface area contributed by atoms with Gasteiger partial charge in [-0.25, -0.2) is 0 Å². The van der Waals surface area contributed by atoms with E-state index in [0.717, 1.165) is 35.4 Å². The third-order valence-electron chi connectivity index (χ3n) is 7.46. The summed E-state index contributed by atoms with van der Waals surface area (Å²) in [5, 5.41) is 9.17. The fraction of sp³-hybridized carbons (Fsp3) is 0.567. The molecule has 9 heteroatoms. The summed E-state index contributed by atoms with van der Waals surface area (Å²) in [4.78, 5) is 63.1. The molecule has 3 rings (SSSR count). The molecule has 0 bridgehead atoms. The Balaban J connectivity index is 1.60. The minimum Gasteiger partial charge on any atom is -0.378 e. The van der Waals surface area contributed by atoms with E-state index in [4.69, 9.17) is 0 Å². The molecule has 0 radical (unpaired) electrons. The Morgan fingerprint density at radius 3 is 2.18 bits per heavy atom. The predicted octanol–water partition coefficient (Wildman–Crippen LogP) is 3.35. The van der Waals surface area contributed by atoms with Crippen molar-refractivity contribution in [3.05, 3.63) is 41.1 Å². The summed E-state index contributed by atoms with van der Waals surface area (Å²) in [6.45, 7) is 9.08. The average molecular weight is 539 g/mol. The van der Waals surface area contributed by atoms with Crippen molar-refractivity contribution in [3.8, 4) is 0 Å². The van der Waals surface area contributed by atoms with Gasteiger partial charge in [-0.05, 0) is 67.7 Å². The number of carbonyl (C=O) groups is 5. The first-order valence-corrected chi connectivity index (χ1v) is 13.9. The lowest BCUT2D eigenvalue weighted by atomic mass is 9.85. The number of imide groups is 1. The fourth-order valence-corrected chi connectivity index (χ4v) is 4.86. The Morgan fingerprint density at radius 2 is 1.67 bits per heavy atom. The zero-order valence-corrected chi connectivity index (χ0v) is 23.8. The second kappa shape index (κ2) is 13.5. The first kappa shape index (κ1) is 30.1. The van der Waals surface area contributed by atoms with Crippen LogP contribution in [-0.4, -0.2) is 53.4 Å². The lowest BCUT2D eigenvalue weighted by Crippen LogP contribution is -2.49. The predicted molar refractivity (Wildman–Crippen MR) is 149 cm³/mol. The van der Waals surface area contributed by atoms with Gasteiger partial charge in [0.1, 0.15) is 12.3 Å². The van der Waals surface area contributed by atoms with Gasteiger partial charge in [0, 0.05) is 30.1 Å². The van der Waals surface area contributed by atoms with E-state index >= 15 is 0 Å². The largest absolute Gasteiger partial charge is 0.378 e. The van der Waals surface area contributed by atoms with Crippen molar-refractivity contribution >= 4 is 35.1 Å². The van der Waals surface area contributed by atoms with E-state index in [-0.39, 0.29) is 66.8 Å². The molecule has 4 amide bonds. The summed E-state index contributed by atoms with van der Waals surface area (Å²) in [5.41, 5.74) is 3.70. The molecule has 1 saturated heterocycles. The number of amides is 4. The van der Waals surface area contributed by atoms with Crippen molar-refractivity contribution in [2.75, 3.05) is 18.4 Å². The van der Waals surface area contributed by atoms with Crippen LogP contribution in [0.25, 0.3) is 0 Å². The fourth-order valence-electron chi connectivity index (χ4n) is 4.86. The van der Waals surface area contributed by atoms with E-state index in [9.17, 15) is 24.0 Å². The number of rotatable bonds is 13. The molecule has 2 fully saturated rings.